The summed E-state index contributed by atoms with van der Waals surface area (Å²) in [7, 11) is 0. The second-order valence-electron chi connectivity index (χ2n) is 8.44. The SMILES string of the molecule is c1ccc(Oc2cccc(-n3c4ccccc4c4ccc(-n5ncc6ccccc65)cc43)c2)nc1. The van der Waals surface area contributed by atoms with E-state index in [1.165, 1.54) is 10.8 Å². The Bertz CT molecular complexity index is 1830. The van der Waals surface area contributed by atoms with E-state index in [0.29, 0.717) is 5.88 Å². The molecule has 166 valence electrons. The van der Waals surface area contributed by atoms with Crippen LogP contribution in [0.4, 0.5) is 0 Å². The average molecular weight is 453 g/mol. The molecule has 7 aromatic rings. The van der Waals surface area contributed by atoms with Crippen LogP contribution in [0.1, 0.15) is 0 Å². The summed E-state index contributed by atoms with van der Waals surface area (Å²) in [5.74, 6) is 1.31. The van der Waals surface area contributed by atoms with Gasteiger partial charge in [0.15, 0.2) is 0 Å². The Morgan fingerprint density at radius 3 is 2.34 bits per heavy atom. The molecular formula is C30H20N4O. The molecule has 0 saturated heterocycles. The molecule has 0 aliphatic heterocycles. The number of fused-ring (bicyclic) bond motifs is 4. The van der Waals surface area contributed by atoms with Crippen molar-refractivity contribution in [2.45, 2.75) is 0 Å². The molecule has 0 unspecified atom stereocenters. The Balaban J connectivity index is 1.44. The minimum atomic E-state index is 0.569. The van der Waals surface area contributed by atoms with Crippen molar-refractivity contribution in [2.75, 3.05) is 0 Å². The summed E-state index contributed by atoms with van der Waals surface area (Å²) in [6.45, 7) is 0. The lowest BCUT2D eigenvalue weighted by Crippen LogP contribution is -1.98. The van der Waals surface area contributed by atoms with Crippen LogP contribution in [0.25, 0.3) is 44.1 Å². The van der Waals surface area contributed by atoms with Crippen LogP contribution in [0.15, 0.2) is 122 Å². The molecule has 5 heteroatoms. The molecule has 0 spiro atoms. The second-order valence-corrected chi connectivity index (χ2v) is 8.44. The van der Waals surface area contributed by atoms with Gasteiger partial charge in [0.2, 0.25) is 5.88 Å². The molecule has 0 radical (unpaired) electrons. The standard InChI is InChI=1S/C30H20N4O/c1-3-12-27-21(8-1)20-32-34(27)23-15-16-26-25-11-2-4-13-28(25)33(29(26)19-23)22-9-7-10-24(18-22)35-30-14-5-6-17-31-30/h1-20H. The van der Waals surface area contributed by atoms with Crippen molar-refractivity contribution in [1.29, 1.82) is 0 Å². The van der Waals surface area contributed by atoms with Crippen LogP contribution in [-0.2, 0) is 0 Å². The van der Waals surface area contributed by atoms with E-state index >= 15 is 0 Å². The zero-order valence-corrected chi connectivity index (χ0v) is 18.7. The zero-order valence-electron chi connectivity index (χ0n) is 18.7. The lowest BCUT2D eigenvalue weighted by molar-refractivity contribution is 0.463. The fourth-order valence-electron chi connectivity index (χ4n) is 4.76. The Morgan fingerprint density at radius 2 is 1.43 bits per heavy atom. The Morgan fingerprint density at radius 1 is 0.600 bits per heavy atom. The van der Waals surface area contributed by atoms with Gasteiger partial charge in [-0.3, -0.25) is 0 Å². The fraction of sp³-hybridized carbons (Fsp3) is 0. The van der Waals surface area contributed by atoms with Crippen molar-refractivity contribution in [1.82, 2.24) is 19.3 Å². The molecule has 0 saturated carbocycles. The van der Waals surface area contributed by atoms with Gasteiger partial charge in [0.05, 0.1) is 28.4 Å². The quantitative estimate of drug-likeness (QED) is 0.281. The van der Waals surface area contributed by atoms with Crippen molar-refractivity contribution in [3.05, 3.63) is 122 Å². The zero-order chi connectivity index (χ0) is 23.2. The van der Waals surface area contributed by atoms with Crippen LogP contribution in [0.3, 0.4) is 0 Å². The molecular weight excluding hydrogens is 432 g/mol. The summed E-state index contributed by atoms with van der Waals surface area (Å²) in [5.41, 5.74) is 5.37. The predicted octanol–water partition coefficient (Wildman–Crippen LogP) is 7.31. The highest BCUT2D eigenvalue weighted by Gasteiger charge is 2.15. The number of benzene rings is 4. The third-order valence-corrected chi connectivity index (χ3v) is 6.32. The first kappa shape index (κ1) is 19.6. The van der Waals surface area contributed by atoms with E-state index in [0.717, 1.165) is 39.1 Å². The maximum atomic E-state index is 6.03. The van der Waals surface area contributed by atoms with Crippen molar-refractivity contribution in [2.24, 2.45) is 0 Å². The molecule has 0 fully saturated rings. The molecule has 5 nitrogen and oxygen atoms in total. The molecule has 0 N–H and O–H groups in total. The first-order chi connectivity index (χ1) is 17.3. The number of rotatable bonds is 4. The highest BCUT2D eigenvalue weighted by atomic mass is 16.5. The van der Waals surface area contributed by atoms with E-state index in [1.54, 1.807) is 6.20 Å². The summed E-state index contributed by atoms with van der Waals surface area (Å²) in [6.07, 6.45) is 3.64. The summed E-state index contributed by atoms with van der Waals surface area (Å²) >= 11 is 0. The van der Waals surface area contributed by atoms with Gasteiger partial charge in [0, 0.05) is 40.2 Å². The van der Waals surface area contributed by atoms with Gasteiger partial charge in [-0.25, -0.2) is 9.67 Å². The molecule has 4 aromatic carbocycles. The first-order valence-corrected chi connectivity index (χ1v) is 11.5. The third-order valence-electron chi connectivity index (χ3n) is 6.32. The number of hydrogen-bond donors (Lipinski definition) is 0. The Kier molecular flexibility index (Phi) is 4.39. The van der Waals surface area contributed by atoms with E-state index in [1.807, 2.05) is 53.3 Å². The number of ether oxygens (including phenoxy) is 1. The van der Waals surface area contributed by atoms with E-state index in [-0.39, 0.29) is 0 Å². The molecule has 0 amide bonds. The van der Waals surface area contributed by atoms with Gasteiger partial charge >= 0.3 is 0 Å². The Hall–Kier alpha value is -4.90. The lowest BCUT2D eigenvalue weighted by atomic mass is 10.1. The number of pyridine rings is 1. The summed E-state index contributed by atoms with van der Waals surface area (Å²) < 4.78 is 10.3. The molecule has 0 atom stereocenters. The molecule has 3 aromatic heterocycles. The monoisotopic (exact) mass is 452 g/mol. The highest BCUT2D eigenvalue weighted by Crippen LogP contribution is 2.35. The summed E-state index contributed by atoms with van der Waals surface area (Å²) in [4.78, 5) is 4.29. The lowest BCUT2D eigenvalue weighted by Gasteiger charge is -2.11. The van der Waals surface area contributed by atoms with Crippen LogP contribution in [-0.4, -0.2) is 19.3 Å². The summed E-state index contributed by atoms with van der Waals surface area (Å²) in [6, 6.07) is 37.1. The normalized spacial score (nSPS) is 11.4. The van der Waals surface area contributed by atoms with Crippen molar-refractivity contribution < 1.29 is 4.74 Å². The topological polar surface area (TPSA) is 44.9 Å². The van der Waals surface area contributed by atoms with Gasteiger partial charge in [-0.05, 0) is 42.5 Å². The number of aromatic nitrogens is 4. The van der Waals surface area contributed by atoms with Crippen LogP contribution < -0.4 is 4.74 Å². The van der Waals surface area contributed by atoms with Crippen molar-refractivity contribution in [3.63, 3.8) is 0 Å². The number of para-hydroxylation sites is 2. The maximum absolute atomic E-state index is 6.03. The van der Waals surface area contributed by atoms with E-state index < -0.39 is 0 Å². The van der Waals surface area contributed by atoms with Gasteiger partial charge < -0.3 is 9.30 Å². The number of nitrogens with zero attached hydrogens (tertiary/aromatic N) is 4. The van der Waals surface area contributed by atoms with Crippen LogP contribution in [0.2, 0.25) is 0 Å². The smallest absolute Gasteiger partial charge is 0.219 e. The van der Waals surface area contributed by atoms with Crippen LogP contribution in [0.5, 0.6) is 11.6 Å². The second kappa shape index (κ2) is 7.85. The largest absolute Gasteiger partial charge is 0.439 e. The third kappa shape index (κ3) is 3.25. The van der Waals surface area contributed by atoms with Crippen LogP contribution >= 0.6 is 0 Å². The van der Waals surface area contributed by atoms with E-state index in [4.69, 9.17) is 4.74 Å². The average Bonchev–Trinajstić information content (AvgIpc) is 3.48. The molecule has 7 rings (SSSR count). The summed E-state index contributed by atoms with van der Waals surface area (Å²) in [5, 5.41) is 8.18. The van der Waals surface area contributed by atoms with E-state index in [9.17, 15) is 0 Å². The minimum Gasteiger partial charge on any atom is -0.439 e. The van der Waals surface area contributed by atoms with Crippen molar-refractivity contribution >= 4 is 32.7 Å². The molecule has 0 aliphatic carbocycles. The maximum Gasteiger partial charge on any atom is 0.219 e. The van der Waals surface area contributed by atoms with Gasteiger partial charge in [-0.15, -0.1) is 0 Å². The number of hydrogen-bond acceptors (Lipinski definition) is 3. The van der Waals surface area contributed by atoms with Crippen LogP contribution in [0, 0.1) is 0 Å². The first-order valence-electron chi connectivity index (χ1n) is 11.5. The molecule has 0 bridgehead atoms. The van der Waals surface area contributed by atoms with E-state index in [2.05, 4.69) is 81.4 Å². The molecule has 35 heavy (non-hydrogen) atoms. The minimum absolute atomic E-state index is 0.569. The highest BCUT2D eigenvalue weighted by molar-refractivity contribution is 6.09. The fourth-order valence-corrected chi connectivity index (χ4v) is 4.76. The van der Waals surface area contributed by atoms with Gasteiger partial charge in [0.25, 0.3) is 0 Å². The van der Waals surface area contributed by atoms with Crippen molar-refractivity contribution in [3.8, 4) is 23.0 Å². The predicted molar refractivity (Wildman–Crippen MR) is 140 cm³/mol. The van der Waals surface area contributed by atoms with Gasteiger partial charge in [0.1, 0.15) is 5.75 Å². The van der Waals surface area contributed by atoms with Gasteiger partial charge in [-0.1, -0.05) is 54.6 Å². The molecule has 0 aliphatic rings. The van der Waals surface area contributed by atoms with Gasteiger partial charge in [-0.2, -0.15) is 5.10 Å². The molecule has 3 heterocycles. The Labute approximate surface area is 201 Å².